The average molecular weight is 424 g/mol. The zero-order chi connectivity index (χ0) is 22.1. The quantitative estimate of drug-likeness (QED) is 0.614. The third kappa shape index (κ3) is 4.19. The van der Waals surface area contributed by atoms with Crippen LogP contribution in [0.15, 0.2) is 34.9 Å². The van der Waals surface area contributed by atoms with E-state index in [-0.39, 0.29) is 18.6 Å². The highest BCUT2D eigenvalue weighted by molar-refractivity contribution is 5.89. The van der Waals surface area contributed by atoms with Crippen molar-refractivity contribution in [3.8, 4) is 11.5 Å². The monoisotopic (exact) mass is 424 g/mol. The summed E-state index contributed by atoms with van der Waals surface area (Å²) in [6, 6.07) is 6.66. The summed E-state index contributed by atoms with van der Waals surface area (Å²) in [4.78, 5) is 22.0. The highest BCUT2D eigenvalue weighted by Crippen LogP contribution is 2.26. The molecule has 1 fully saturated rings. The molecule has 1 aliphatic heterocycles. The summed E-state index contributed by atoms with van der Waals surface area (Å²) in [6.07, 6.45) is 0.202. The lowest BCUT2D eigenvalue weighted by Gasteiger charge is -2.22. The molecule has 162 valence electrons. The van der Waals surface area contributed by atoms with Gasteiger partial charge in [-0.3, -0.25) is 4.90 Å². The highest BCUT2D eigenvalue weighted by atomic mass is 16.6. The second-order valence-corrected chi connectivity index (χ2v) is 7.60. The van der Waals surface area contributed by atoms with Gasteiger partial charge in [-0.2, -0.15) is 4.98 Å². The smallest absolute Gasteiger partial charge is 0.416 e. The van der Waals surface area contributed by atoms with Gasteiger partial charge in [-0.25, -0.2) is 9.78 Å². The van der Waals surface area contributed by atoms with Crippen LogP contribution in [0.5, 0.6) is 0 Å². The van der Waals surface area contributed by atoms with E-state index < -0.39 is 18.2 Å². The molecule has 0 spiro atoms. The molecule has 4 rings (SSSR count). The van der Waals surface area contributed by atoms with Crippen molar-refractivity contribution in [2.75, 3.05) is 16.8 Å². The Bertz CT molecular complexity index is 1100. The van der Waals surface area contributed by atoms with Gasteiger partial charge in [0.05, 0.1) is 6.10 Å². The minimum atomic E-state index is -0.765. The van der Waals surface area contributed by atoms with Crippen LogP contribution in [0.25, 0.3) is 11.5 Å². The number of nitrogens with zero attached hydrogens (tertiary/aromatic N) is 5. The van der Waals surface area contributed by atoms with Crippen molar-refractivity contribution in [2.45, 2.75) is 45.9 Å². The van der Waals surface area contributed by atoms with Crippen molar-refractivity contribution < 1.29 is 19.1 Å². The lowest BCUT2D eigenvalue weighted by atomic mass is 10.1. The Labute approximate surface area is 179 Å². The molecule has 10 heteroatoms. The van der Waals surface area contributed by atoms with E-state index >= 15 is 0 Å². The second-order valence-electron chi connectivity index (χ2n) is 7.60. The lowest BCUT2D eigenvalue weighted by molar-refractivity contribution is 0.142. The number of carbonyl (C=O) groups excluding carboxylic acids is 1. The van der Waals surface area contributed by atoms with Gasteiger partial charge in [0.25, 0.3) is 0 Å². The number of aliphatic hydroxyl groups is 1. The van der Waals surface area contributed by atoms with Crippen molar-refractivity contribution in [3.05, 3.63) is 47.5 Å². The minimum Gasteiger partial charge on any atom is -0.447 e. The SMILES string of the molecule is Cc1ccc(-c2nnc([C@H](C)Nc3nccc(N4C(=O)OCC4[C@@H](C)O)n3)o2)cc1C. The number of hydrogen-bond acceptors (Lipinski definition) is 9. The van der Waals surface area contributed by atoms with E-state index in [4.69, 9.17) is 9.15 Å². The molecular formula is C21H24N6O4. The van der Waals surface area contributed by atoms with Crippen LogP contribution in [-0.4, -0.2) is 50.1 Å². The number of aryl methyl sites for hydroxylation is 2. The molecule has 10 nitrogen and oxygen atoms in total. The zero-order valence-corrected chi connectivity index (χ0v) is 17.7. The normalized spacial score (nSPS) is 18.0. The van der Waals surface area contributed by atoms with Crippen molar-refractivity contribution >= 4 is 17.9 Å². The highest BCUT2D eigenvalue weighted by Gasteiger charge is 2.38. The number of aromatic nitrogens is 4. The molecule has 0 radical (unpaired) electrons. The molecule has 2 aromatic heterocycles. The molecular weight excluding hydrogens is 400 g/mol. The van der Waals surface area contributed by atoms with Gasteiger partial charge >= 0.3 is 6.09 Å². The van der Waals surface area contributed by atoms with Crippen LogP contribution < -0.4 is 10.2 Å². The number of benzene rings is 1. The molecule has 31 heavy (non-hydrogen) atoms. The van der Waals surface area contributed by atoms with Gasteiger partial charge in [0.1, 0.15) is 24.5 Å². The standard InChI is InChI=1S/C21H24N6O4/c1-11-5-6-15(9-12(11)2)19-26-25-18(31-19)13(3)23-20-22-8-7-17(24-20)27-16(14(4)28)10-30-21(27)29/h5-9,13-14,16,28H,10H2,1-4H3,(H,22,23,24)/t13-,14+,16?/m0/s1. The summed E-state index contributed by atoms with van der Waals surface area (Å²) in [5.74, 6) is 1.42. The van der Waals surface area contributed by atoms with Crippen LogP contribution in [-0.2, 0) is 4.74 Å². The summed E-state index contributed by atoms with van der Waals surface area (Å²) in [5.41, 5.74) is 3.18. The summed E-state index contributed by atoms with van der Waals surface area (Å²) in [6.45, 7) is 7.62. The van der Waals surface area contributed by atoms with Gasteiger partial charge in [0.15, 0.2) is 0 Å². The number of cyclic esters (lactones) is 1. The van der Waals surface area contributed by atoms with Crippen LogP contribution >= 0.6 is 0 Å². The lowest BCUT2D eigenvalue weighted by Crippen LogP contribution is -2.41. The van der Waals surface area contributed by atoms with Crippen molar-refractivity contribution in [2.24, 2.45) is 0 Å². The van der Waals surface area contributed by atoms with Gasteiger partial charge in [-0.15, -0.1) is 10.2 Å². The Balaban J connectivity index is 1.51. The minimum absolute atomic E-state index is 0.100. The number of amides is 1. The summed E-state index contributed by atoms with van der Waals surface area (Å²) >= 11 is 0. The molecule has 0 bridgehead atoms. The van der Waals surface area contributed by atoms with Crippen molar-refractivity contribution in [1.82, 2.24) is 20.2 Å². The molecule has 1 aromatic carbocycles. The first-order valence-corrected chi connectivity index (χ1v) is 9.98. The molecule has 1 aliphatic rings. The molecule has 3 atom stereocenters. The topological polar surface area (TPSA) is 127 Å². The number of hydrogen-bond donors (Lipinski definition) is 2. The summed E-state index contributed by atoms with van der Waals surface area (Å²) in [5, 5.41) is 21.3. The van der Waals surface area contributed by atoms with Gasteiger partial charge in [0.2, 0.25) is 17.7 Å². The van der Waals surface area contributed by atoms with E-state index in [1.165, 1.54) is 16.7 Å². The number of rotatable bonds is 6. The maximum absolute atomic E-state index is 12.1. The fraction of sp³-hybridized carbons (Fsp3) is 0.381. The molecule has 1 unspecified atom stereocenters. The predicted molar refractivity (Wildman–Crippen MR) is 113 cm³/mol. The van der Waals surface area contributed by atoms with E-state index in [1.807, 2.05) is 39.0 Å². The van der Waals surface area contributed by atoms with Crippen LogP contribution in [0.3, 0.4) is 0 Å². The van der Waals surface area contributed by atoms with E-state index in [0.717, 1.165) is 11.1 Å². The third-order valence-corrected chi connectivity index (χ3v) is 5.26. The fourth-order valence-corrected chi connectivity index (χ4v) is 3.26. The van der Waals surface area contributed by atoms with Gasteiger partial charge in [0, 0.05) is 11.8 Å². The third-order valence-electron chi connectivity index (χ3n) is 5.26. The average Bonchev–Trinajstić information content (AvgIpc) is 3.37. The maximum atomic E-state index is 12.1. The molecule has 2 N–H and O–H groups in total. The van der Waals surface area contributed by atoms with Crippen LogP contribution in [0.1, 0.15) is 36.9 Å². The molecule has 1 saturated heterocycles. The zero-order valence-electron chi connectivity index (χ0n) is 17.7. The van der Waals surface area contributed by atoms with E-state index in [2.05, 4.69) is 25.5 Å². The van der Waals surface area contributed by atoms with Crippen molar-refractivity contribution in [3.63, 3.8) is 0 Å². The first kappa shape index (κ1) is 20.7. The Morgan fingerprint density at radius 1 is 1.19 bits per heavy atom. The fourth-order valence-electron chi connectivity index (χ4n) is 3.26. The van der Waals surface area contributed by atoms with E-state index in [1.54, 1.807) is 13.0 Å². The molecule has 3 heterocycles. The Kier molecular flexibility index (Phi) is 5.55. The first-order chi connectivity index (χ1) is 14.8. The number of carbonyl (C=O) groups is 1. The van der Waals surface area contributed by atoms with E-state index in [0.29, 0.717) is 17.6 Å². The van der Waals surface area contributed by atoms with Crippen molar-refractivity contribution in [1.29, 1.82) is 0 Å². The Hall–Kier alpha value is -3.53. The largest absolute Gasteiger partial charge is 0.447 e. The predicted octanol–water partition coefficient (Wildman–Crippen LogP) is 3.02. The molecule has 3 aromatic rings. The Morgan fingerprint density at radius 2 is 2.00 bits per heavy atom. The second kappa shape index (κ2) is 8.31. The van der Waals surface area contributed by atoms with E-state index in [9.17, 15) is 9.90 Å². The van der Waals surface area contributed by atoms with Crippen LogP contribution in [0.2, 0.25) is 0 Å². The van der Waals surface area contributed by atoms with Gasteiger partial charge in [-0.1, -0.05) is 6.07 Å². The maximum Gasteiger partial charge on any atom is 0.416 e. The number of aliphatic hydroxyl groups excluding tert-OH is 1. The molecule has 0 saturated carbocycles. The van der Waals surface area contributed by atoms with Gasteiger partial charge in [-0.05, 0) is 57.0 Å². The first-order valence-electron chi connectivity index (χ1n) is 9.98. The molecule has 1 amide bonds. The summed E-state index contributed by atoms with van der Waals surface area (Å²) < 4.78 is 10.9. The van der Waals surface area contributed by atoms with Gasteiger partial charge < -0.3 is 19.6 Å². The number of ether oxygens (including phenoxy) is 1. The summed E-state index contributed by atoms with van der Waals surface area (Å²) in [7, 11) is 0. The van der Waals surface area contributed by atoms with Crippen LogP contribution in [0, 0.1) is 13.8 Å². The molecule has 0 aliphatic carbocycles. The van der Waals surface area contributed by atoms with Crippen LogP contribution in [0.4, 0.5) is 16.6 Å². The Morgan fingerprint density at radius 3 is 2.74 bits per heavy atom. The number of nitrogens with one attached hydrogen (secondary N) is 1. The number of anilines is 2.